The standard InChI is InChI=1S/C25H36FNO/c1-4-10-22(11-5-2)19-28-25-18-21(15-16-24(25)26)12-9-17-27-20(3)23-13-7-6-8-14-23/h6-8,13-16,18,20,22,27H,4-5,9-12,17,19H2,1-3H3. The van der Waals surface area contributed by atoms with Gasteiger partial charge in [0.15, 0.2) is 11.6 Å². The van der Waals surface area contributed by atoms with Gasteiger partial charge in [0.05, 0.1) is 6.61 Å². The van der Waals surface area contributed by atoms with Crippen LogP contribution in [-0.2, 0) is 6.42 Å². The van der Waals surface area contributed by atoms with E-state index >= 15 is 0 Å². The van der Waals surface area contributed by atoms with Crippen molar-refractivity contribution in [3.8, 4) is 5.75 Å². The topological polar surface area (TPSA) is 21.3 Å². The number of hydrogen-bond donors (Lipinski definition) is 1. The minimum Gasteiger partial charge on any atom is -0.490 e. The lowest BCUT2D eigenvalue weighted by molar-refractivity contribution is 0.221. The molecule has 2 aromatic rings. The Labute approximate surface area is 170 Å². The fourth-order valence-corrected chi connectivity index (χ4v) is 3.62. The second-order valence-electron chi connectivity index (χ2n) is 7.71. The van der Waals surface area contributed by atoms with Gasteiger partial charge in [-0.3, -0.25) is 0 Å². The molecule has 0 saturated heterocycles. The Hall–Kier alpha value is -1.87. The number of halogens is 1. The molecule has 0 aromatic heterocycles. The minimum absolute atomic E-state index is 0.258. The summed E-state index contributed by atoms with van der Waals surface area (Å²) < 4.78 is 20.0. The quantitative estimate of drug-likeness (QED) is 0.387. The van der Waals surface area contributed by atoms with Crippen molar-refractivity contribution < 1.29 is 9.13 Å². The van der Waals surface area contributed by atoms with Crippen LogP contribution in [-0.4, -0.2) is 13.2 Å². The summed E-state index contributed by atoms with van der Waals surface area (Å²) in [6.07, 6.45) is 6.49. The highest BCUT2D eigenvalue weighted by molar-refractivity contribution is 5.30. The van der Waals surface area contributed by atoms with Gasteiger partial charge in [-0.25, -0.2) is 4.39 Å². The molecule has 0 saturated carbocycles. The summed E-state index contributed by atoms with van der Waals surface area (Å²) in [4.78, 5) is 0. The van der Waals surface area contributed by atoms with Crippen molar-refractivity contribution in [2.75, 3.05) is 13.2 Å². The van der Waals surface area contributed by atoms with Crippen molar-refractivity contribution in [1.29, 1.82) is 0 Å². The van der Waals surface area contributed by atoms with Crippen molar-refractivity contribution in [2.45, 2.75) is 65.3 Å². The van der Waals surface area contributed by atoms with Crippen LogP contribution in [0.3, 0.4) is 0 Å². The third-order valence-electron chi connectivity index (χ3n) is 5.26. The highest BCUT2D eigenvalue weighted by Gasteiger charge is 2.11. The lowest BCUT2D eigenvalue weighted by Crippen LogP contribution is -2.20. The molecule has 2 rings (SSSR count). The molecule has 0 amide bonds. The predicted octanol–water partition coefficient (Wildman–Crippen LogP) is 6.70. The molecule has 0 aliphatic carbocycles. The van der Waals surface area contributed by atoms with Gasteiger partial charge < -0.3 is 10.1 Å². The van der Waals surface area contributed by atoms with Crippen molar-refractivity contribution >= 4 is 0 Å². The van der Waals surface area contributed by atoms with Crippen LogP contribution in [0.2, 0.25) is 0 Å². The molecule has 3 heteroatoms. The molecule has 0 fully saturated rings. The zero-order chi connectivity index (χ0) is 20.2. The van der Waals surface area contributed by atoms with E-state index in [9.17, 15) is 4.39 Å². The molecule has 0 bridgehead atoms. The van der Waals surface area contributed by atoms with Crippen molar-refractivity contribution in [3.05, 3.63) is 65.5 Å². The van der Waals surface area contributed by atoms with Crippen LogP contribution < -0.4 is 10.1 Å². The van der Waals surface area contributed by atoms with Gasteiger partial charge in [0.1, 0.15) is 0 Å². The fourth-order valence-electron chi connectivity index (χ4n) is 3.62. The molecule has 1 atom stereocenters. The van der Waals surface area contributed by atoms with Gasteiger partial charge in [0.25, 0.3) is 0 Å². The van der Waals surface area contributed by atoms with E-state index in [0.29, 0.717) is 24.3 Å². The SMILES string of the molecule is CCCC(CCC)COc1cc(CCCNC(C)c2ccccc2)ccc1F. The number of ether oxygens (including phenoxy) is 1. The van der Waals surface area contributed by atoms with Crippen molar-refractivity contribution in [3.63, 3.8) is 0 Å². The molecule has 28 heavy (non-hydrogen) atoms. The van der Waals surface area contributed by atoms with E-state index < -0.39 is 0 Å². The van der Waals surface area contributed by atoms with Gasteiger partial charge >= 0.3 is 0 Å². The summed E-state index contributed by atoms with van der Waals surface area (Å²) in [7, 11) is 0. The lowest BCUT2D eigenvalue weighted by Gasteiger charge is -2.17. The Bertz CT molecular complexity index is 668. The maximum atomic E-state index is 14.1. The number of nitrogens with one attached hydrogen (secondary N) is 1. The normalized spacial score (nSPS) is 12.3. The van der Waals surface area contributed by atoms with E-state index in [1.807, 2.05) is 18.2 Å². The molecule has 154 valence electrons. The highest BCUT2D eigenvalue weighted by atomic mass is 19.1. The first-order chi connectivity index (χ1) is 13.6. The summed E-state index contributed by atoms with van der Waals surface area (Å²) in [5, 5.41) is 3.56. The summed E-state index contributed by atoms with van der Waals surface area (Å²) in [5.74, 6) is 0.661. The smallest absolute Gasteiger partial charge is 0.165 e. The highest BCUT2D eigenvalue weighted by Crippen LogP contribution is 2.22. The van der Waals surface area contributed by atoms with E-state index in [1.165, 1.54) is 5.56 Å². The summed E-state index contributed by atoms with van der Waals surface area (Å²) in [6.45, 7) is 8.10. The lowest BCUT2D eigenvalue weighted by atomic mass is 9.99. The van der Waals surface area contributed by atoms with Crippen LogP contribution in [0.15, 0.2) is 48.5 Å². The number of rotatable bonds is 13. The second kappa shape index (κ2) is 12.6. The fraction of sp³-hybridized carbons (Fsp3) is 0.520. The third-order valence-corrected chi connectivity index (χ3v) is 5.26. The number of aryl methyl sites for hydroxylation is 1. The van der Waals surface area contributed by atoms with E-state index in [4.69, 9.17) is 4.74 Å². The van der Waals surface area contributed by atoms with Crippen molar-refractivity contribution in [2.24, 2.45) is 5.92 Å². The molecule has 0 spiro atoms. The first-order valence-electron chi connectivity index (χ1n) is 10.8. The van der Waals surface area contributed by atoms with Crippen LogP contribution in [0.4, 0.5) is 4.39 Å². The largest absolute Gasteiger partial charge is 0.490 e. The molecule has 0 radical (unpaired) electrons. The van der Waals surface area contributed by atoms with Gasteiger partial charge in [-0.1, -0.05) is 63.1 Å². The summed E-state index contributed by atoms with van der Waals surface area (Å²) >= 11 is 0. The Morgan fingerprint density at radius 2 is 1.71 bits per heavy atom. The van der Waals surface area contributed by atoms with E-state index in [-0.39, 0.29) is 5.82 Å². The first-order valence-corrected chi connectivity index (χ1v) is 10.8. The average molecular weight is 386 g/mol. The molecule has 2 nitrogen and oxygen atoms in total. The molecule has 1 unspecified atom stereocenters. The Morgan fingerprint density at radius 3 is 2.39 bits per heavy atom. The minimum atomic E-state index is -0.258. The molecule has 0 heterocycles. The van der Waals surface area contributed by atoms with Gasteiger partial charge in [0.2, 0.25) is 0 Å². The van der Waals surface area contributed by atoms with Crippen LogP contribution in [0, 0.1) is 11.7 Å². The first kappa shape index (κ1) is 22.4. The second-order valence-corrected chi connectivity index (χ2v) is 7.71. The summed E-state index contributed by atoms with van der Waals surface area (Å²) in [6, 6.07) is 16.1. The number of hydrogen-bond acceptors (Lipinski definition) is 2. The third kappa shape index (κ3) is 7.63. The molecule has 1 N–H and O–H groups in total. The monoisotopic (exact) mass is 385 g/mol. The van der Waals surface area contributed by atoms with E-state index in [2.05, 4.69) is 50.4 Å². The Balaban J connectivity index is 1.80. The molecular weight excluding hydrogens is 349 g/mol. The predicted molar refractivity (Wildman–Crippen MR) is 116 cm³/mol. The van der Waals surface area contributed by atoms with Gasteiger partial charge in [-0.2, -0.15) is 0 Å². The van der Waals surface area contributed by atoms with Crippen LogP contribution in [0.1, 0.15) is 70.0 Å². The van der Waals surface area contributed by atoms with Gasteiger partial charge in [0, 0.05) is 6.04 Å². The Kier molecular flexibility index (Phi) is 10.1. The number of benzene rings is 2. The molecule has 2 aromatic carbocycles. The van der Waals surface area contributed by atoms with Crippen LogP contribution in [0.5, 0.6) is 5.75 Å². The van der Waals surface area contributed by atoms with E-state index in [1.54, 1.807) is 6.07 Å². The maximum Gasteiger partial charge on any atom is 0.165 e. The average Bonchev–Trinajstić information content (AvgIpc) is 2.72. The molecule has 0 aliphatic heterocycles. The van der Waals surface area contributed by atoms with Gasteiger partial charge in [-0.15, -0.1) is 0 Å². The van der Waals surface area contributed by atoms with E-state index in [0.717, 1.165) is 50.6 Å². The maximum absolute atomic E-state index is 14.1. The van der Waals surface area contributed by atoms with Crippen LogP contribution >= 0.6 is 0 Å². The zero-order valence-electron chi connectivity index (χ0n) is 17.7. The zero-order valence-corrected chi connectivity index (χ0v) is 17.7. The van der Waals surface area contributed by atoms with Crippen molar-refractivity contribution in [1.82, 2.24) is 5.32 Å². The molecule has 0 aliphatic rings. The van der Waals surface area contributed by atoms with Gasteiger partial charge in [-0.05, 0) is 68.3 Å². The molecular formula is C25H36FNO. The van der Waals surface area contributed by atoms with Crippen LogP contribution in [0.25, 0.3) is 0 Å². The summed E-state index contributed by atoms with van der Waals surface area (Å²) in [5.41, 5.74) is 2.43. The Morgan fingerprint density at radius 1 is 1.00 bits per heavy atom.